The summed E-state index contributed by atoms with van der Waals surface area (Å²) < 4.78 is 23.9. The van der Waals surface area contributed by atoms with Crippen LogP contribution in [-0.4, -0.2) is 73.4 Å². The van der Waals surface area contributed by atoms with Gasteiger partial charge in [0.2, 0.25) is 5.91 Å². The molecule has 0 aromatic heterocycles. The first-order chi connectivity index (χ1) is 39.0. The molecule has 8 nitrogen and oxygen atoms in total. The Hall–Kier alpha value is -1.28. The maximum absolute atomic E-state index is 13.1. The Labute approximate surface area is 499 Å². The lowest BCUT2D eigenvalue weighted by Gasteiger charge is -2.26. The van der Waals surface area contributed by atoms with E-state index in [-0.39, 0.29) is 19.1 Å². The number of carbonyl (C=O) groups excluding carboxylic acids is 1. The van der Waals surface area contributed by atoms with Gasteiger partial charge in [0.25, 0.3) is 0 Å². The minimum atomic E-state index is -4.33. The van der Waals surface area contributed by atoms with Gasteiger partial charge in [-0.15, -0.1) is 0 Å². The lowest BCUT2D eigenvalue weighted by atomic mass is 10.0. The fourth-order valence-corrected chi connectivity index (χ4v) is 11.6. The monoisotopic (exact) mass is 1150 g/mol. The van der Waals surface area contributed by atoms with E-state index in [0.717, 1.165) is 51.4 Å². The van der Waals surface area contributed by atoms with E-state index in [4.69, 9.17) is 9.05 Å². The topological polar surface area (TPSA) is 105 Å². The normalized spacial score (nSPS) is 13.8. The third kappa shape index (κ3) is 64.3. The van der Waals surface area contributed by atoms with Crippen LogP contribution in [0.1, 0.15) is 361 Å². The van der Waals surface area contributed by atoms with Gasteiger partial charge in [-0.05, 0) is 51.4 Å². The molecule has 0 saturated carbocycles. The number of aliphatic hydroxyl groups excluding tert-OH is 1. The molecule has 0 aliphatic heterocycles. The van der Waals surface area contributed by atoms with Crippen molar-refractivity contribution in [2.75, 3.05) is 40.9 Å². The average Bonchev–Trinajstić information content (AvgIpc) is 3.42. The zero-order chi connectivity index (χ0) is 58.4. The summed E-state index contributed by atoms with van der Waals surface area (Å²) in [5.41, 5.74) is 0. The van der Waals surface area contributed by atoms with Crippen LogP contribution in [0.15, 0.2) is 36.5 Å². The maximum Gasteiger partial charge on any atom is 0.472 e. The van der Waals surface area contributed by atoms with Gasteiger partial charge in [-0.25, -0.2) is 4.57 Å². The smallest absolute Gasteiger partial charge is 0.391 e. The second-order valence-corrected chi connectivity index (χ2v) is 27.1. The first-order valence-electron chi connectivity index (χ1n) is 35.4. The van der Waals surface area contributed by atoms with Crippen molar-refractivity contribution in [3.63, 3.8) is 0 Å². The van der Waals surface area contributed by atoms with Crippen LogP contribution in [-0.2, 0) is 18.4 Å². The predicted octanol–water partition coefficient (Wildman–Crippen LogP) is 22.4. The van der Waals surface area contributed by atoms with Crippen molar-refractivity contribution < 1.29 is 32.9 Å². The number of nitrogens with one attached hydrogen (secondary N) is 1. The number of amides is 1. The molecule has 0 bridgehead atoms. The molecule has 80 heavy (non-hydrogen) atoms. The summed E-state index contributed by atoms with van der Waals surface area (Å²) >= 11 is 0. The summed E-state index contributed by atoms with van der Waals surface area (Å²) in [6.07, 6.45) is 82.4. The molecule has 474 valence electrons. The Morgan fingerprint density at radius 2 is 0.713 bits per heavy atom. The fraction of sp³-hybridized carbons (Fsp3) is 0.901. The number of unbranched alkanes of at least 4 members (excludes halogenated alkanes) is 47. The van der Waals surface area contributed by atoms with Gasteiger partial charge in [-0.3, -0.25) is 13.8 Å². The number of aliphatic hydroxyl groups is 1. The quantitative estimate of drug-likeness (QED) is 0.0243. The van der Waals surface area contributed by atoms with Gasteiger partial charge in [0.05, 0.1) is 39.9 Å². The Morgan fingerprint density at radius 1 is 0.425 bits per heavy atom. The minimum Gasteiger partial charge on any atom is -0.391 e. The molecule has 0 aliphatic rings. The standard InChI is InChI=1S/C71H139N2O6P/c1-6-8-10-12-14-16-18-20-22-24-26-28-30-32-33-34-35-36-37-38-39-41-43-45-47-49-51-53-55-57-59-61-63-65-71(75)72-69(68-79-80(76,77)78-67-66-73(3,4)5)70(74)64-62-60-58-56-54-52-50-48-46-44-42-40-31-29-27-25-23-21-19-17-15-13-11-9-7-2/h18,20,24,26,30,32,69-70,74H,6-17,19,21-23,25,27-29,31,33-68H2,1-5H3,(H-,72,75,76,77)/p+1/b20-18-,26-24-,32-30-. The summed E-state index contributed by atoms with van der Waals surface area (Å²) in [6.45, 7) is 4.93. The molecule has 0 rings (SSSR count). The summed E-state index contributed by atoms with van der Waals surface area (Å²) in [6, 6.07) is -0.761. The summed E-state index contributed by atoms with van der Waals surface area (Å²) in [7, 11) is 1.63. The van der Waals surface area contributed by atoms with E-state index < -0.39 is 20.0 Å². The second-order valence-electron chi connectivity index (χ2n) is 25.6. The van der Waals surface area contributed by atoms with Crippen molar-refractivity contribution in [2.24, 2.45) is 0 Å². The molecule has 0 radical (unpaired) electrons. The lowest BCUT2D eigenvalue weighted by Crippen LogP contribution is -2.46. The number of nitrogens with zero attached hydrogens (tertiary/aromatic N) is 1. The molecule has 0 saturated heterocycles. The number of rotatable bonds is 66. The summed E-state index contributed by atoms with van der Waals surface area (Å²) in [5.74, 6) is -0.137. The molecule has 3 N–H and O–H groups in total. The van der Waals surface area contributed by atoms with Crippen molar-refractivity contribution in [1.82, 2.24) is 5.32 Å². The van der Waals surface area contributed by atoms with Gasteiger partial charge in [0, 0.05) is 6.42 Å². The van der Waals surface area contributed by atoms with Gasteiger partial charge in [-0.1, -0.05) is 339 Å². The van der Waals surface area contributed by atoms with E-state index in [1.165, 1.54) is 283 Å². The van der Waals surface area contributed by atoms with Gasteiger partial charge < -0.3 is 19.8 Å². The number of hydrogen-bond acceptors (Lipinski definition) is 5. The lowest BCUT2D eigenvalue weighted by molar-refractivity contribution is -0.870. The van der Waals surface area contributed by atoms with Crippen molar-refractivity contribution in [3.05, 3.63) is 36.5 Å². The van der Waals surface area contributed by atoms with E-state index in [9.17, 15) is 19.4 Å². The molecule has 0 aromatic rings. The third-order valence-corrected chi connectivity index (χ3v) is 17.4. The molecule has 3 unspecified atom stereocenters. The van der Waals surface area contributed by atoms with E-state index in [1.54, 1.807) is 0 Å². The van der Waals surface area contributed by atoms with Crippen LogP contribution >= 0.6 is 7.82 Å². The molecule has 0 heterocycles. The van der Waals surface area contributed by atoms with E-state index >= 15 is 0 Å². The molecular weight excluding hydrogens is 1010 g/mol. The van der Waals surface area contributed by atoms with Crippen molar-refractivity contribution in [2.45, 2.75) is 373 Å². The first kappa shape index (κ1) is 78.7. The van der Waals surface area contributed by atoms with Crippen molar-refractivity contribution in [3.8, 4) is 0 Å². The SMILES string of the molecule is CCCCCCC/C=C\C/C=C\C/C=C\CCCCCCCCCCCCCCCCCCCCC(=O)NC(COP(=O)(O)OCC[N+](C)(C)C)C(O)CCCCCCCCCCCCCCCCCCCCCCCCCCC. The first-order valence-corrected chi connectivity index (χ1v) is 36.8. The number of allylic oxidation sites excluding steroid dienone is 6. The molecular formula is C71H140N2O6P+. The number of quaternary nitrogens is 1. The molecule has 9 heteroatoms. The molecule has 0 fully saturated rings. The van der Waals surface area contributed by atoms with Crippen LogP contribution in [0.5, 0.6) is 0 Å². The number of hydrogen-bond donors (Lipinski definition) is 3. The number of likely N-dealkylation sites (N-methyl/N-ethyl adjacent to an activating group) is 1. The summed E-state index contributed by atoms with van der Waals surface area (Å²) in [5, 5.41) is 14.2. The van der Waals surface area contributed by atoms with Crippen molar-refractivity contribution >= 4 is 13.7 Å². The molecule has 3 atom stereocenters. The zero-order valence-electron chi connectivity index (χ0n) is 54.3. The number of phosphoric acid groups is 1. The van der Waals surface area contributed by atoms with Crippen molar-refractivity contribution in [1.29, 1.82) is 0 Å². The van der Waals surface area contributed by atoms with Gasteiger partial charge in [0.1, 0.15) is 13.2 Å². The van der Waals surface area contributed by atoms with Gasteiger partial charge >= 0.3 is 7.82 Å². The Bertz CT molecular complexity index is 1400. The number of carbonyl (C=O) groups is 1. The predicted molar refractivity (Wildman–Crippen MR) is 351 cm³/mol. The molecule has 0 aliphatic carbocycles. The highest BCUT2D eigenvalue weighted by Gasteiger charge is 2.28. The highest BCUT2D eigenvalue weighted by atomic mass is 31.2. The van der Waals surface area contributed by atoms with Crippen LogP contribution in [0.25, 0.3) is 0 Å². The van der Waals surface area contributed by atoms with Crippen LogP contribution < -0.4 is 5.32 Å². The van der Waals surface area contributed by atoms with Crippen LogP contribution in [0.2, 0.25) is 0 Å². The van der Waals surface area contributed by atoms with E-state index in [0.29, 0.717) is 23.9 Å². The average molecular weight is 1150 g/mol. The number of phosphoric ester groups is 1. The Morgan fingerprint density at radius 3 is 1.04 bits per heavy atom. The highest BCUT2D eigenvalue weighted by Crippen LogP contribution is 2.43. The Kier molecular flexibility index (Phi) is 61.3. The third-order valence-electron chi connectivity index (χ3n) is 16.4. The molecule has 0 spiro atoms. The van der Waals surface area contributed by atoms with E-state index in [2.05, 4.69) is 55.6 Å². The maximum atomic E-state index is 13.1. The zero-order valence-corrected chi connectivity index (χ0v) is 55.2. The molecule has 1 amide bonds. The largest absolute Gasteiger partial charge is 0.472 e. The summed E-state index contributed by atoms with van der Waals surface area (Å²) in [4.78, 5) is 23.5. The molecule has 0 aromatic carbocycles. The van der Waals surface area contributed by atoms with Gasteiger partial charge in [0.15, 0.2) is 0 Å². The van der Waals surface area contributed by atoms with Gasteiger partial charge in [-0.2, -0.15) is 0 Å². The fourth-order valence-electron chi connectivity index (χ4n) is 10.9. The highest BCUT2D eigenvalue weighted by molar-refractivity contribution is 7.47. The van der Waals surface area contributed by atoms with E-state index in [1.807, 2.05) is 21.1 Å². The minimum absolute atomic E-state index is 0.0766. The van der Waals surface area contributed by atoms with Crippen LogP contribution in [0, 0.1) is 0 Å². The Balaban J connectivity index is 4.00. The second kappa shape index (κ2) is 62.3. The van der Waals surface area contributed by atoms with Crippen LogP contribution in [0.4, 0.5) is 0 Å². The van der Waals surface area contributed by atoms with Crippen LogP contribution in [0.3, 0.4) is 0 Å².